The van der Waals surface area contributed by atoms with E-state index in [9.17, 15) is 18.3 Å². The summed E-state index contributed by atoms with van der Waals surface area (Å²) in [5, 5.41) is 16.8. The summed E-state index contributed by atoms with van der Waals surface area (Å²) >= 11 is 0. The van der Waals surface area contributed by atoms with Crippen molar-refractivity contribution in [3.05, 3.63) is 29.8 Å². The number of aliphatic hydroxyl groups excluding tert-OH is 1. The van der Waals surface area contributed by atoms with E-state index < -0.39 is 12.5 Å². The van der Waals surface area contributed by atoms with Gasteiger partial charge in [0.05, 0.1) is 12.6 Å². The van der Waals surface area contributed by atoms with Crippen LogP contribution in [0.3, 0.4) is 0 Å². The highest BCUT2D eigenvalue weighted by Gasteiger charge is 2.31. The summed E-state index contributed by atoms with van der Waals surface area (Å²) in [6.45, 7) is 12.3. The topological polar surface area (TPSA) is 69.1 Å². The van der Waals surface area contributed by atoms with Crippen molar-refractivity contribution in [1.29, 1.82) is 0 Å². The highest BCUT2D eigenvalue weighted by atomic mass is 127. The van der Waals surface area contributed by atoms with Gasteiger partial charge >= 0.3 is 6.36 Å². The van der Waals surface area contributed by atoms with E-state index in [0.29, 0.717) is 18.1 Å². The summed E-state index contributed by atoms with van der Waals surface area (Å²) in [4.78, 5) is 6.79. The van der Waals surface area contributed by atoms with Crippen molar-refractivity contribution in [2.24, 2.45) is 4.99 Å². The van der Waals surface area contributed by atoms with Gasteiger partial charge in [0, 0.05) is 12.6 Å². The molecule has 1 rings (SSSR count). The molecule has 0 aromatic heterocycles. The number of hydrogen-bond donors (Lipinski definition) is 3. The summed E-state index contributed by atoms with van der Waals surface area (Å²) < 4.78 is 40.5. The predicted octanol–water partition coefficient (Wildman–Crippen LogP) is 4.30. The van der Waals surface area contributed by atoms with Crippen molar-refractivity contribution < 1.29 is 23.0 Å². The predicted molar refractivity (Wildman–Crippen MR) is 129 cm³/mol. The third kappa shape index (κ3) is 13.0. The molecule has 0 aliphatic heterocycles. The van der Waals surface area contributed by atoms with E-state index in [2.05, 4.69) is 46.0 Å². The first-order valence-corrected chi connectivity index (χ1v) is 10.5. The van der Waals surface area contributed by atoms with Crippen LogP contribution in [-0.4, -0.2) is 61.1 Å². The minimum absolute atomic E-state index is 0. The van der Waals surface area contributed by atoms with Gasteiger partial charge in [0.1, 0.15) is 5.75 Å². The lowest BCUT2D eigenvalue weighted by molar-refractivity contribution is -0.274. The van der Waals surface area contributed by atoms with Gasteiger partial charge < -0.3 is 25.4 Å². The Morgan fingerprint density at radius 1 is 1.16 bits per heavy atom. The molecular formula is C21H36F3IN4O2. The zero-order valence-electron chi connectivity index (χ0n) is 18.7. The van der Waals surface area contributed by atoms with Crippen molar-refractivity contribution in [3.8, 4) is 5.75 Å². The Labute approximate surface area is 200 Å². The van der Waals surface area contributed by atoms with Crippen molar-refractivity contribution >= 4 is 29.9 Å². The molecule has 0 fully saturated rings. The Hall–Kier alpha value is -1.27. The quantitative estimate of drug-likeness (QED) is 0.202. The molecule has 0 heterocycles. The van der Waals surface area contributed by atoms with E-state index in [-0.39, 0.29) is 42.3 Å². The number of rotatable bonds is 12. The molecule has 0 aliphatic carbocycles. The molecule has 10 heteroatoms. The van der Waals surface area contributed by atoms with Crippen molar-refractivity contribution in [2.75, 3.05) is 32.7 Å². The molecule has 0 saturated heterocycles. The second-order valence-corrected chi connectivity index (χ2v) is 7.07. The Balaban J connectivity index is 0.00000900. The summed E-state index contributed by atoms with van der Waals surface area (Å²) in [6.07, 6.45) is -3.61. The van der Waals surface area contributed by atoms with E-state index >= 15 is 0 Å². The first-order valence-electron chi connectivity index (χ1n) is 10.5. The van der Waals surface area contributed by atoms with Gasteiger partial charge in [-0.05, 0) is 64.0 Å². The molecule has 0 amide bonds. The Kier molecular flexibility index (Phi) is 14.9. The first kappa shape index (κ1) is 29.7. The van der Waals surface area contributed by atoms with E-state index in [4.69, 9.17) is 0 Å². The van der Waals surface area contributed by atoms with E-state index in [0.717, 1.165) is 32.5 Å². The van der Waals surface area contributed by atoms with Gasteiger partial charge in [-0.15, -0.1) is 37.1 Å². The molecule has 2 atom stereocenters. The van der Waals surface area contributed by atoms with Gasteiger partial charge in [0.15, 0.2) is 5.96 Å². The van der Waals surface area contributed by atoms with Crippen LogP contribution in [0, 0.1) is 0 Å². The smallest absolute Gasteiger partial charge is 0.406 e. The van der Waals surface area contributed by atoms with Crippen molar-refractivity contribution in [3.63, 3.8) is 0 Å². The number of aliphatic imine (C=N–C) groups is 1. The summed E-state index contributed by atoms with van der Waals surface area (Å²) in [6, 6.07) is 5.37. The molecule has 0 aliphatic rings. The molecule has 0 spiro atoms. The number of benzene rings is 1. The molecule has 0 radical (unpaired) electrons. The fourth-order valence-corrected chi connectivity index (χ4v) is 2.96. The number of halogens is 4. The van der Waals surface area contributed by atoms with Crippen LogP contribution in [0.15, 0.2) is 29.3 Å². The Morgan fingerprint density at radius 2 is 1.77 bits per heavy atom. The third-order valence-electron chi connectivity index (χ3n) is 4.65. The average Bonchev–Trinajstić information content (AvgIpc) is 2.68. The van der Waals surface area contributed by atoms with Crippen LogP contribution in [0.4, 0.5) is 13.2 Å². The molecule has 31 heavy (non-hydrogen) atoms. The number of nitrogens with one attached hydrogen (secondary N) is 2. The highest BCUT2D eigenvalue weighted by Crippen LogP contribution is 2.24. The minimum atomic E-state index is -4.74. The van der Waals surface area contributed by atoms with E-state index in [1.165, 1.54) is 24.3 Å². The molecule has 1 aromatic rings. The van der Waals surface area contributed by atoms with Crippen LogP contribution in [0.2, 0.25) is 0 Å². The van der Waals surface area contributed by atoms with Crippen LogP contribution >= 0.6 is 24.0 Å². The lowest BCUT2D eigenvalue weighted by Crippen LogP contribution is -2.42. The molecule has 0 saturated carbocycles. The van der Waals surface area contributed by atoms with E-state index in [1.807, 2.05) is 6.92 Å². The maximum Gasteiger partial charge on any atom is 0.573 e. The Morgan fingerprint density at radius 3 is 2.29 bits per heavy atom. The van der Waals surface area contributed by atoms with Crippen LogP contribution in [-0.2, 0) is 0 Å². The normalized spacial score (nSPS) is 14.0. The maximum absolute atomic E-state index is 12.2. The molecule has 2 unspecified atom stereocenters. The maximum atomic E-state index is 12.2. The van der Waals surface area contributed by atoms with Gasteiger partial charge in [-0.1, -0.05) is 26.0 Å². The zero-order chi connectivity index (χ0) is 22.6. The number of aliphatic hydroxyl groups is 1. The monoisotopic (exact) mass is 560 g/mol. The lowest BCUT2D eigenvalue weighted by Gasteiger charge is -2.21. The number of nitrogens with zero attached hydrogens (tertiary/aromatic N) is 2. The summed E-state index contributed by atoms with van der Waals surface area (Å²) in [5.74, 6) is 0.277. The van der Waals surface area contributed by atoms with Crippen LogP contribution in [0.1, 0.15) is 52.2 Å². The first-order chi connectivity index (χ1) is 14.2. The van der Waals surface area contributed by atoms with Crippen molar-refractivity contribution in [2.45, 2.75) is 59.0 Å². The number of hydrogen-bond acceptors (Lipinski definition) is 4. The molecule has 0 bridgehead atoms. The van der Waals surface area contributed by atoms with Gasteiger partial charge in [0.25, 0.3) is 0 Å². The van der Waals surface area contributed by atoms with Crippen LogP contribution < -0.4 is 15.4 Å². The minimum Gasteiger partial charge on any atom is -0.406 e. The lowest BCUT2D eigenvalue weighted by atomic mass is 10.1. The van der Waals surface area contributed by atoms with Gasteiger partial charge in [-0.3, -0.25) is 4.99 Å². The van der Waals surface area contributed by atoms with Gasteiger partial charge in [-0.25, -0.2) is 0 Å². The van der Waals surface area contributed by atoms with Crippen molar-refractivity contribution in [1.82, 2.24) is 15.5 Å². The fourth-order valence-electron chi connectivity index (χ4n) is 2.96. The number of ether oxygens (including phenoxy) is 1. The third-order valence-corrected chi connectivity index (χ3v) is 4.65. The SMILES string of the molecule is CCNC(=NCC(O)c1ccc(OC(F)(F)F)cc1)NC(C)CCCN(CC)CC.I. The number of guanidine groups is 1. The standard InChI is InChI=1S/C21H35F3N4O2.HI/c1-5-25-20(27-16(4)9-8-14-28(6-2)7-3)26-15-19(29)17-10-12-18(13-11-17)30-21(22,23)24;/h10-13,16,19,29H,5-9,14-15H2,1-4H3,(H2,25,26,27);1H. The van der Waals surface area contributed by atoms with Crippen LogP contribution in [0.25, 0.3) is 0 Å². The summed E-state index contributed by atoms with van der Waals surface area (Å²) in [5.41, 5.74) is 0.469. The van der Waals surface area contributed by atoms with Crippen LogP contribution in [0.5, 0.6) is 5.75 Å². The number of alkyl halides is 3. The second kappa shape index (κ2) is 15.5. The molecular weight excluding hydrogens is 524 g/mol. The van der Waals surface area contributed by atoms with E-state index in [1.54, 1.807) is 0 Å². The largest absolute Gasteiger partial charge is 0.573 e. The molecule has 180 valence electrons. The fraction of sp³-hybridized carbons (Fsp3) is 0.667. The zero-order valence-corrected chi connectivity index (χ0v) is 21.0. The highest BCUT2D eigenvalue weighted by molar-refractivity contribution is 14.0. The molecule has 1 aromatic carbocycles. The molecule has 3 N–H and O–H groups in total. The second-order valence-electron chi connectivity index (χ2n) is 7.07. The summed E-state index contributed by atoms with van der Waals surface area (Å²) in [7, 11) is 0. The van der Waals surface area contributed by atoms with Gasteiger partial charge in [-0.2, -0.15) is 0 Å². The average molecular weight is 560 g/mol. The Bertz CT molecular complexity index is 626. The van der Waals surface area contributed by atoms with Gasteiger partial charge in [0.2, 0.25) is 0 Å². The molecule has 6 nitrogen and oxygen atoms in total.